The van der Waals surface area contributed by atoms with E-state index < -0.39 is 12.5 Å². The lowest BCUT2D eigenvalue weighted by molar-refractivity contribution is -0.140. The summed E-state index contributed by atoms with van der Waals surface area (Å²) in [6, 6.07) is 7.93. The fourth-order valence-electron chi connectivity index (χ4n) is 2.32. The van der Waals surface area contributed by atoms with Gasteiger partial charge in [0.15, 0.2) is 0 Å². The number of hydrogen-bond donors (Lipinski definition) is 1. The monoisotopic (exact) mass is 352 g/mol. The smallest absolute Gasteiger partial charge is 0.323 e. The van der Waals surface area contributed by atoms with Crippen molar-refractivity contribution in [2.75, 3.05) is 18.0 Å². The summed E-state index contributed by atoms with van der Waals surface area (Å²) in [6.45, 7) is 2.34. The van der Waals surface area contributed by atoms with Gasteiger partial charge in [-0.3, -0.25) is 14.5 Å². The second-order valence-corrected chi connectivity index (χ2v) is 7.28. The van der Waals surface area contributed by atoms with E-state index in [-0.39, 0.29) is 5.91 Å². The van der Waals surface area contributed by atoms with Crippen LogP contribution < -0.4 is 4.90 Å². The highest BCUT2D eigenvalue weighted by molar-refractivity contribution is 8.27. The van der Waals surface area contributed by atoms with Crippen molar-refractivity contribution in [2.24, 2.45) is 0 Å². The van der Waals surface area contributed by atoms with E-state index in [1.807, 2.05) is 31.2 Å². The molecule has 1 amide bonds. The Balaban J connectivity index is 2.00. The highest BCUT2D eigenvalue weighted by atomic mass is 32.2. The molecule has 1 saturated heterocycles. The minimum Gasteiger partial charge on any atom is -0.480 e. The van der Waals surface area contributed by atoms with Crippen molar-refractivity contribution in [1.82, 2.24) is 4.90 Å². The number of thioether (sulfide) groups is 2. The van der Waals surface area contributed by atoms with Crippen LogP contribution in [0.5, 0.6) is 0 Å². The van der Waals surface area contributed by atoms with E-state index >= 15 is 0 Å². The number of benzene rings is 1. The molecule has 1 fully saturated rings. The molecule has 0 spiro atoms. The SMILES string of the molecule is CCN1C(=C2SC(=S)N(CC(=O)O)C2=O)Sc2ccccc21. The van der Waals surface area contributed by atoms with Crippen molar-refractivity contribution < 1.29 is 14.7 Å². The van der Waals surface area contributed by atoms with Gasteiger partial charge in [-0.05, 0) is 19.1 Å². The first kappa shape index (κ1) is 15.4. The summed E-state index contributed by atoms with van der Waals surface area (Å²) < 4.78 is 0.294. The van der Waals surface area contributed by atoms with Gasteiger partial charge in [0, 0.05) is 11.4 Å². The van der Waals surface area contributed by atoms with Crippen LogP contribution in [0.25, 0.3) is 0 Å². The number of rotatable bonds is 3. The first-order chi connectivity index (χ1) is 10.5. The summed E-state index contributed by atoms with van der Waals surface area (Å²) in [5.74, 6) is -1.40. The van der Waals surface area contributed by atoms with E-state index in [1.54, 1.807) is 0 Å². The number of anilines is 1. The number of carboxylic acids is 1. The van der Waals surface area contributed by atoms with Gasteiger partial charge in [0.2, 0.25) is 0 Å². The van der Waals surface area contributed by atoms with Crippen molar-refractivity contribution in [3.63, 3.8) is 0 Å². The number of amides is 1. The number of nitrogens with zero attached hydrogens (tertiary/aromatic N) is 2. The van der Waals surface area contributed by atoms with Crippen LogP contribution in [-0.4, -0.2) is 39.3 Å². The average molecular weight is 352 g/mol. The van der Waals surface area contributed by atoms with E-state index in [4.69, 9.17) is 17.3 Å². The third-order valence-electron chi connectivity index (χ3n) is 3.26. The number of aliphatic carboxylic acids is 1. The van der Waals surface area contributed by atoms with E-state index in [2.05, 4.69) is 4.90 Å². The maximum Gasteiger partial charge on any atom is 0.323 e. The Morgan fingerprint density at radius 2 is 2.00 bits per heavy atom. The van der Waals surface area contributed by atoms with Crippen LogP contribution >= 0.6 is 35.7 Å². The third-order valence-corrected chi connectivity index (χ3v) is 6.01. The molecule has 0 saturated carbocycles. The molecule has 8 heteroatoms. The largest absolute Gasteiger partial charge is 0.480 e. The van der Waals surface area contributed by atoms with Crippen molar-refractivity contribution in [1.29, 1.82) is 0 Å². The summed E-state index contributed by atoms with van der Waals surface area (Å²) >= 11 is 7.85. The second-order valence-electron chi connectivity index (χ2n) is 4.60. The molecule has 22 heavy (non-hydrogen) atoms. The van der Waals surface area contributed by atoms with Crippen LogP contribution in [0.3, 0.4) is 0 Å². The van der Waals surface area contributed by atoms with Gasteiger partial charge < -0.3 is 10.0 Å². The molecule has 1 aromatic carbocycles. The molecule has 1 N–H and O–H groups in total. The predicted molar refractivity (Wildman–Crippen MR) is 91.9 cm³/mol. The fourth-order valence-corrected chi connectivity index (χ4v) is 4.95. The first-order valence-electron chi connectivity index (χ1n) is 6.57. The number of fused-ring (bicyclic) bond motifs is 1. The topological polar surface area (TPSA) is 60.9 Å². The van der Waals surface area contributed by atoms with Crippen LogP contribution in [0.2, 0.25) is 0 Å². The number of carbonyl (C=O) groups excluding carboxylic acids is 1. The van der Waals surface area contributed by atoms with Crippen LogP contribution in [-0.2, 0) is 9.59 Å². The normalized spacial score (nSPS) is 20.8. The molecule has 2 heterocycles. The number of thiocarbonyl (C=S) groups is 1. The van der Waals surface area contributed by atoms with Gasteiger partial charge in [-0.1, -0.05) is 47.9 Å². The molecule has 114 valence electrons. The van der Waals surface area contributed by atoms with Crippen molar-refractivity contribution in [3.8, 4) is 0 Å². The number of carboxylic acid groups (broad SMARTS) is 1. The van der Waals surface area contributed by atoms with Crippen LogP contribution in [0.1, 0.15) is 6.92 Å². The summed E-state index contributed by atoms with van der Waals surface area (Å²) in [6.07, 6.45) is 0. The van der Waals surface area contributed by atoms with Crippen molar-refractivity contribution >= 4 is 57.6 Å². The molecule has 0 aliphatic carbocycles. The van der Waals surface area contributed by atoms with Crippen molar-refractivity contribution in [2.45, 2.75) is 11.8 Å². The summed E-state index contributed by atoms with van der Waals surface area (Å²) in [4.78, 5) is 28.2. The van der Waals surface area contributed by atoms with Crippen LogP contribution in [0.4, 0.5) is 5.69 Å². The molecule has 1 aromatic rings. The van der Waals surface area contributed by atoms with Crippen molar-refractivity contribution in [3.05, 3.63) is 34.2 Å². The van der Waals surface area contributed by atoms with Crippen LogP contribution in [0.15, 0.2) is 39.1 Å². The minimum absolute atomic E-state index is 0.294. The molecule has 3 rings (SSSR count). The van der Waals surface area contributed by atoms with E-state index in [0.717, 1.165) is 27.1 Å². The molecule has 0 unspecified atom stereocenters. The Hall–Kier alpha value is -1.51. The zero-order chi connectivity index (χ0) is 15.9. The Bertz CT molecular complexity index is 717. The molecule has 0 atom stereocenters. The Labute approximate surface area is 141 Å². The molecule has 2 aliphatic rings. The lowest BCUT2D eigenvalue weighted by atomic mass is 10.3. The van der Waals surface area contributed by atoms with Gasteiger partial charge in [0.25, 0.3) is 5.91 Å². The van der Waals surface area contributed by atoms with Gasteiger partial charge in [-0.2, -0.15) is 0 Å². The average Bonchev–Trinajstić information content (AvgIpc) is 2.98. The number of para-hydroxylation sites is 1. The lowest BCUT2D eigenvalue weighted by Crippen LogP contribution is -2.33. The molecule has 0 radical (unpaired) electrons. The zero-order valence-corrected chi connectivity index (χ0v) is 14.1. The maximum absolute atomic E-state index is 12.5. The summed E-state index contributed by atoms with van der Waals surface area (Å²) in [7, 11) is 0. The van der Waals surface area contributed by atoms with Gasteiger partial charge in [-0.25, -0.2) is 0 Å². The Kier molecular flexibility index (Phi) is 4.16. The summed E-state index contributed by atoms with van der Waals surface area (Å²) in [5, 5.41) is 9.73. The van der Waals surface area contributed by atoms with Crippen LogP contribution in [0, 0.1) is 0 Å². The lowest BCUT2D eigenvalue weighted by Gasteiger charge is -2.19. The van der Waals surface area contributed by atoms with E-state index in [1.165, 1.54) is 23.5 Å². The Morgan fingerprint density at radius 1 is 1.27 bits per heavy atom. The molecule has 2 aliphatic heterocycles. The minimum atomic E-state index is -1.07. The Morgan fingerprint density at radius 3 is 2.68 bits per heavy atom. The number of carbonyl (C=O) groups is 2. The highest BCUT2D eigenvalue weighted by Crippen LogP contribution is 2.50. The zero-order valence-electron chi connectivity index (χ0n) is 11.6. The molecule has 0 bridgehead atoms. The number of hydrogen-bond acceptors (Lipinski definition) is 6. The second kappa shape index (κ2) is 5.94. The fraction of sp³-hybridized carbons (Fsp3) is 0.214. The standard InChI is InChI=1S/C14H12N2O3S3/c1-2-15-8-5-3-4-6-9(8)21-13(15)11-12(19)16(7-10(17)18)14(20)22-11/h3-6H,2,7H2,1H3,(H,17,18). The third kappa shape index (κ3) is 2.51. The highest BCUT2D eigenvalue weighted by Gasteiger charge is 2.39. The van der Waals surface area contributed by atoms with E-state index in [0.29, 0.717) is 9.23 Å². The quantitative estimate of drug-likeness (QED) is 0.663. The molecular formula is C14H12N2O3S3. The van der Waals surface area contributed by atoms with Gasteiger partial charge >= 0.3 is 5.97 Å². The van der Waals surface area contributed by atoms with Gasteiger partial charge in [-0.15, -0.1) is 0 Å². The van der Waals surface area contributed by atoms with Gasteiger partial charge in [0.1, 0.15) is 20.8 Å². The first-order valence-corrected chi connectivity index (χ1v) is 8.61. The van der Waals surface area contributed by atoms with E-state index in [9.17, 15) is 9.59 Å². The molecule has 5 nitrogen and oxygen atoms in total. The summed E-state index contributed by atoms with van der Waals surface area (Å²) in [5.41, 5.74) is 1.06. The molecule has 0 aromatic heterocycles. The van der Waals surface area contributed by atoms with Gasteiger partial charge in [0.05, 0.1) is 5.69 Å². The molecular weight excluding hydrogens is 340 g/mol. The maximum atomic E-state index is 12.5. The predicted octanol–water partition coefficient (Wildman–Crippen LogP) is 2.73.